The fraction of sp³-hybridized carbons (Fsp3) is 0.263. The van der Waals surface area contributed by atoms with Crippen LogP contribution in [0, 0.1) is 0 Å². The molecule has 0 aliphatic carbocycles. The van der Waals surface area contributed by atoms with Gasteiger partial charge in [-0.3, -0.25) is 14.1 Å². The van der Waals surface area contributed by atoms with E-state index < -0.39 is 0 Å². The van der Waals surface area contributed by atoms with Gasteiger partial charge in [-0.2, -0.15) is 0 Å². The summed E-state index contributed by atoms with van der Waals surface area (Å²) in [7, 11) is 0. The van der Waals surface area contributed by atoms with E-state index in [4.69, 9.17) is 8.83 Å². The summed E-state index contributed by atoms with van der Waals surface area (Å²) in [6, 6.07) is 10.6. The molecule has 0 N–H and O–H groups in total. The lowest BCUT2D eigenvalue weighted by molar-refractivity contribution is 0.229. The van der Waals surface area contributed by atoms with E-state index in [1.165, 1.54) is 4.40 Å². The van der Waals surface area contributed by atoms with Gasteiger partial charge in [0.1, 0.15) is 5.65 Å². The Morgan fingerprint density at radius 1 is 1.15 bits per heavy atom. The topological polar surface area (TPSA) is 89.7 Å². The van der Waals surface area contributed by atoms with Crippen molar-refractivity contribution in [2.24, 2.45) is 0 Å². The van der Waals surface area contributed by atoms with Gasteiger partial charge in [-0.15, -0.1) is 10.2 Å². The van der Waals surface area contributed by atoms with Crippen LogP contribution in [0.5, 0.6) is 0 Å². The van der Waals surface area contributed by atoms with E-state index in [-0.39, 0.29) is 5.56 Å². The zero-order valence-corrected chi connectivity index (χ0v) is 14.9. The summed E-state index contributed by atoms with van der Waals surface area (Å²) >= 11 is 0. The molecule has 138 valence electrons. The Kier molecular flexibility index (Phi) is 4.80. The SMILES string of the molecule is CCCN(Cc1cc(=O)n2ccccc2n1)Cc1nnc(-c2ccco2)o1. The van der Waals surface area contributed by atoms with Crippen LogP contribution in [0.2, 0.25) is 0 Å². The molecule has 0 amide bonds. The molecule has 27 heavy (non-hydrogen) atoms. The number of rotatable bonds is 7. The van der Waals surface area contributed by atoms with E-state index in [1.807, 2.05) is 18.2 Å². The number of aromatic nitrogens is 4. The number of fused-ring (bicyclic) bond motifs is 1. The van der Waals surface area contributed by atoms with Gasteiger partial charge in [0.05, 0.1) is 18.5 Å². The quantitative estimate of drug-likeness (QED) is 0.497. The van der Waals surface area contributed by atoms with Crippen molar-refractivity contribution in [3.63, 3.8) is 0 Å². The van der Waals surface area contributed by atoms with Crippen LogP contribution < -0.4 is 5.56 Å². The molecule has 4 rings (SSSR count). The first-order chi connectivity index (χ1) is 13.2. The first-order valence-corrected chi connectivity index (χ1v) is 8.79. The number of pyridine rings is 1. The Labute approximate surface area is 155 Å². The average Bonchev–Trinajstić information content (AvgIpc) is 3.33. The highest BCUT2D eigenvalue weighted by Gasteiger charge is 2.15. The van der Waals surface area contributed by atoms with E-state index in [9.17, 15) is 4.79 Å². The Balaban J connectivity index is 1.54. The largest absolute Gasteiger partial charge is 0.459 e. The summed E-state index contributed by atoms with van der Waals surface area (Å²) in [5, 5.41) is 8.13. The first kappa shape index (κ1) is 17.2. The Morgan fingerprint density at radius 2 is 2.07 bits per heavy atom. The first-order valence-electron chi connectivity index (χ1n) is 8.79. The Morgan fingerprint density at radius 3 is 2.89 bits per heavy atom. The highest BCUT2D eigenvalue weighted by atomic mass is 16.4. The molecule has 8 heteroatoms. The summed E-state index contributed by atoms with van der Waals surface area (Å²) in [4.78, 5) is 19.0. The summed E-state index contributed by atoms with van der Waals surface area (Å²) in [5.41, 5.74) is 1.25. The second kappa shape index (κ2) is 7.55. The minimum Gasteiger partial charge on any atom is -0.459 e. The Hall–Kier alpha value is -3.26. The number of furan rings is 1. The van der Waals surface area contributed by atoms with Gasteiger partial charge < -0.3 is 8.83 Å². The third-order valence-electron chi connectivity index (χ3n) is 4.11. The molecule has 0 aliphatic rings. The number of nitrogens with zero attached hydrogens (tertiary/aromatic N) is 5. The molecular formula is C19H19N5O3. The molecule has 0 fully saturated rings. The second-order valence-electron chi connectivity index (χ2n) is 6.20. The van der Waals surface area contributed by atoms with Crippen molar-refractivity contribution in [2.45, 2.75) is 26.4 Å². The molecule has 0 radical (unpaired) electrons. The third-order valence-corrected chi connectivity index (χ3v) is 4.11. The van der Waals surface area contributed by atoms with Gasteiger partial charge in [-0.05, 0) is 37.2 Å². The van der Waals surface area contributed by atoms with E-state index in [2.05, 4.69) is 27.0 Å². The average molecular weight is 365 g/mol. The number of hydrogen-bond acceptors (Lipinski definition) is 7. The molecule has 4 aromatic rings. The molecule has 0 aliphatic heterocycles. The molecule has 0 saturated heterocycles. The molecule has 8 nitrogen and oxygen atoms in total. The van der Waals surface area contributed by atoms with E-state index in [1.54, 1.807) is 30.7 Å². The fourth-order valence-electron chi connectivity index (χ4n) is 2.95. The molecule has 4 heterocycles. The van der Waals surface area contributed by atoms with E-state index in [0.717, 1.165) is 13.0 Å². The van der Waals surface area contributed by atoms with Gasteiger partial charge in [0.2, 0.25) is 5.89 Å². The second-order valence-corrected chi connectivity index (χ2v) is 6.20. The zero-order chi connectivity index (χ0) is 18.6. The van der Waals surface area contributed by atoms with Crippen LogP contribution in [0.25, 0.3) is 17.3 Å². The van der Waals surface area contributed by atoms with Gasteiger partial charge in [0, 0.05) is 18.8 Å². The van der Waals surface area contributed by atoms with E-state index in [0.29, 0.717) is 42.0 Å². The lowest BCUT2D eigenvalue weighted by Crippen LogP contribution is -2.26. The maximum Gasteiger partial charge on any atom is 0.283 e. The van der Waals surface area contributed by atoms with Crippen LogP contribution in [0.1, 0.15) is 24.9 Å². The van der Waals surface area contributed by atoms with Crippen molar-refractivity contribution < 1.29 is 8.83 Å². The predicted molar refractivity (Wildman–Crippen MR) is 97.9 cm³/mol. The summed E-state index contributed by atoms with van der Waals surface area (Å²) in [6.45, 7) is 3.90. The van der Waals surface area contributed by atoms with Gasteiger partial charge in [-0.25, -0.2) is 4.98 Å². The molecule has 0 unspecified atom stereocenters. The smallest absolute Gasteiger partial charge is 0.283 e. The van der Waals surface area contributed by atoms with Crippen molar-refractivity contribution in [1.82, 2.24) is 24.5 Å². The summed E-state index contributed by atoms with van der Waals surface area (Å²) in [6.07, 6.45) is 4.23. The van der Waals surface area contributed by atoms with Gasteiger partial charge in [-0.1, -0.05) is 13.0 Å². The standard InChI is InChI=1S/C19H19N5O3/c1-2-8-23(13-17-21-22-19(27-17)15-6-5-10-26-15)12-14-11-18(25)24-9-4-3-7-16(24)20-14/h3-7,9-11H,2,8,12-13H2,1H3. The fourth-order valence-corrected chi connectivity index (χ4v) is 2.95. The van der Waals surface area contributed by atoms with Crippen LogP contribution in [-0.2, 0) is 13.1 Å². The zero-order valence-electron chi connectivity index (χ0n) is 14.9. The summed E-state index contributed by atoms with van der Waals surface area (Å²) in [5.74, 6) is 1.39. The van der Waals surface area contributed by atoms with Crippen molar-refractivity contribution >= 4 is 5.65 Å². The van der Waals surface area contributed by atoms with Gasteiger partial charge in [0.15, 0.2) is 5.76 Å². The molecule has 0 bridgehead atoms. The van der Waals surface area contributed by atoms with Crippen molar-refractivity contribution in [2.75, 3.05) is 6.54 Å². The highest BCUT2D eigenvalue weighted by Crippen LogP contribution is 2.19. The molecule has 4 aromatic heterocycles. The maximum atomic E-state index is 12.3. The van der Waals surface area contributed by atoms with Crippen molar-refractivity contribution in [1.29, 1.82) is 0 Å². The lowest BCUT2D eigenvalue weighted by atomic mass is 10.3. The van der Waals surface area contributed by atoms with Crippen LogP contribution in [0.3, 0.4) is 0 Å². The van der Waals surface area contributed by atoms with Gasteiger partial charge >= 0.3 is 0 Å². The van der Waals surface area contributed by atoms with Crippen LogP contribution in [-0.4, -0.2) is 31.0 Å². The predicted octanol–water partition coefficient (Wildman–Crippen LogP) is 2.75. The molecule has 0 saturated carbocycles. The minimum absolute atomic E-state index is 0.0926. The normalized spacial score (nSPS) is 11.5. The van der Waals surface area contributed by atoms with Crippen molar-refractivity contribution in [3.8, 4) is 11.7 Å². The Bertz CT molecular complexity index is 1080. The van der Waals surface area contributed by atoms with Crippen molar-refractivity contribution in [3.05, 3.63) is 70.8 Å². The van der Waals surface area contributed by atoms with Crippen LogP contribution >= 0.6 is 0 Å². The van der Waals surface area contributed by atoms with Gasteiger partial charge in [0.25, 0.3) is 11.4 Å². The maximum absolute atomic E-state index is 12.3. The minimum atomic E-state index is -0.0926. The molecule has 0 aromatic carbocycles. The molecule has 0 spiro atoms. The molecular weight excluding hydrogens is 346 g/mol. The van der Waals surface area contributed by atoms with Crippen LogP contribution in [0.15, 0.2) is 62.5 Å². The monoisotopic (exact) mass is 365 g/mol. The third kappa shape index (κ3) is 3.80. The lowest BCUT2D eigenvalue weighted by Gasteiger charge is -2.19. The number of hydrogen-bond donors (Lipinski definition) is 0. The summed E-state index contributed by atoms with van der Waals surface area (Å²) < 4.78 is 12.5. The molecule has 0 atom stereocenters. The van der Waals surface area contributed by atoms with E-state index >= 15 is 0 Å². The van der Waals surface area contributed by atoms with Crippen LogP contribution in [0.4, 0.5) is 0 Å². The highest BCUT2D eigenvalue weighted by molar-refractivity contribution is 5.42.